The van der Waals surface area contributed by atoms with Crippen LogP contribution in [0, 0.1) is 0 Å². The molecule has 4 rings (SSSR count). The number of halogens is 2. The van der Waals surface area contributed by atoms with Crippen LogP contribution >= 0.6 is 38.9 Å². The van der Waals surface area contributed by atoms with Gasteiger partial charge in [0.15, 0.2) is 16.3 Å². The Labute approximate surface area is 236 Å². The zero-order valence-electron chi connectivity index (χ0n) is 21.4. The summed E-state index contributed by atoms with van der Waals surface area (Å²) in [6.45, 7) is 7.44. The number of hydrogen-bond donors (Lipinski definition) is 1. The van der Waals surface area contributed by atoms with E-state index in [9.17, 15) is 14.7 Å². The first-order valence-corrected chi connectivity index (χ1v) is 13.8. The molecule has 0 spiro atoms. The van der Waals surface area contributed by atoms with Crippen molar-refractivity contribution in [2.45, 2.75) is 39.8 Å². The lowest BCUT2D eigenvalue weighted by Gasteiger charge is -2.25. The van der Waals surface area contributed by atoms with Crippen molar-refractivity contribution in [3.05, 3.63) is 81.9 Å². The molecular weight excluding hydrogens is 596 g/mol. The van der Waals surface area contributed by atoms with E-state index in [1.807, 2.05) is 13.8 Å². The first-order chi connectivity index (χ1) is 18.0. The fraction of sp³-hybridized carbons (Fsp3) is 0.296. The maximum Gasteiger partial charge on any atom is 0.338 e. The van der Waals surface area contributed by atoms with Crippen molar-refractivity contribution < 1.29 is 24.1 Å². The highest BCUT2D eigenvalue weighted by Crippen LogP contribution is 2.37. The SMILES string of the molecule is CCOC(=O)C1=C(C)N=c2s/c(=C\c3cc(Cl)c(O)c(Br)c3)c(=O)n2[C@@H]1c1ccc(OC(C)C)c(OC)c1. The molecule has 11 heteroatoms. The van der Waals surface area contributed by atoms with E-state index in [4.69, 9.17) is 25.8 Å². The Kier molecular flexibility index (Phi) is 8.34. The Morgan fingerprint density at radius 3 is 2.66 bits per heavy atom. The molecular formula is C27H26BrClN2O6S. The number of methoxy groups -OCH3 is 1. The number of esters is 1. The Balaban J connectivity index is 1.95. The summed E-state index contributed by atoms with van der Waals surface area (Å²) < 4.78 is 19.1. The molecule has 0 unspecified atom stereocenters. The van der Waals surface area contributed by atoms with Gasteiger partial charge in [0.1, 0.15) is 5.75 Å². The van der Waals surface area contributed by atoms with E-state index >= 15 is 0 Å². The number of carbonyl (C=O) groups is 1. The number of ether oxygens (including phenoxy) is 3. The number of hydrogen-bond acceptors (Lipinski definition) is 8. The van der Waals surface area contributed by atoms with Crippen LogP contribution in [0.4, 0.5) is 0 Å². The van der Waals surface area contributed by atoms with Gasteiger partial charge in [-0.15, -0.1) is 0 Å². The van der Waals surface area contributed by atoms with Crippen LogP contribution in [0.3, 0.4) is 0 Å². The van der Waals surface area contributed by atoms with E-state index in [2.05, 4.69) is 20.9 Å². The van der Waals surface area contributed by atoms with Gasteiger partial charge in [0, 0.05) is 0 Å². The third-order valence-corrected chi connectivity index (χ3v) is 7.60. The highest BCUT2D eigenvalue weighted by atomic mass is 79.9. The standard InChI is InChI=1S/C27H26BrClN2O6S/c1-6-36-26(34)22-14(4)30-27-31(23(22)16-7-8-19(37-13(2)3)20(12-16)35-5)25(33)21(38-27)11-15-9-17(28)24(32)18(29)10-15/h7-13,23,32H,6H2,1-5H3/b21-11-/t23-/m1/s1. The van der Waals surface area contributed by atoms with Crippen molar-refractivity contribution in [3.63, 3.8) is 0 Å². The summed E-state index contributed by atoms with van der Waals surface area (Å²) in [5, 5.41) is 10.1. The normalized spacial score (nSPS) is 15.4. The molecule has 0 amide bonds. The number of aromatic nitrogens is 1. The van der Waals surface area contributed by atoms with Gasteiger partial charge in [0.2, 0.25) is 0 Å². The number of allylic oxidation sites excluding steroid dienone is 1. The molecule has 2 aromatic carbocycles. The van der Waals surface area contributed by atoms with Crippen molar-refractivity contribution in [3.8, 4) is 17.2 Å². The van der Waals surface area contributed by atoms with Crippen LogP contribution in [-0.4, -0.2) is 35.5 Å². The minimum Gasteiger partial charge on any atom is -0.505 e. The molecule has 0 aliphatic carbocycles. The van der Waals surface area contributed by atoms with Gasteiger partial charge in [-0.05, 0) is 85.1 Å². The molecule has 2 heterocycles. The second-order valence-electron chi connectivity index (χ2n) is 8.71. The van der Waals surface area contributed by atoms with Crippen LogP contribution in [0.5, 0.6) is 17.2 Å². The molecule has 1 aromatic heterocycles. The van der Waals surface area contributed by atoms with Crippen molar-refractivity contribution >= 4 is 50.9 Å². The molecule has 1 aliphatic rings. The minimum atomic E-state index is -0.801. The zero-order chi connectivity index (χ0) is 27.7. The number of aromatic hydroxyl groups is 1. The highest BCUT2D eigenvalue weighted by molar-refractivity contribution is 9.10. The average molecular weight is 622 g/mol. The Bertz CT molecular complexity index is 1600. The van der Waals surface area contributed by atoms with E-state index in [1.54, 1.807) is 50.3 Å². The molecule has 38 heavy (non-hydrogen) atoms. The van der Waals surface area contributed by atoms with Crippen molar-refractivity contribution in [2.24, 2.45) is 4.99 Å². The second-order valence-corrected chi connectivity index (χ2v) is 11.0. The van der Waals surface area contributed by atoms with Gasteiger partial charge >= 0.3 is 5.97 Å². The van der Waals surface area contributed by atoms with E-state index in [0.29, 0.717) is 42.1 Å². The predicted octanol–water partition coefficient (Wildman–Crippen LogP) is 4.72. The summed E-state index contributed by atoms with van der Waals surface area (Å²) in [5.74, 6) is 0.383. The monoisotopic (exact) mass is 620 g/mol. The smallest absolute Gasteiger partial charge is 0.338 e. The van der Waals surface area contributed by atoms with Crippen molar-refractivity contribution in [1.82, 2.24) is 4.57 Å². The molecule has 1 atom stereocenters. The fourth-order valence-electron chi connectivity index (χ4n) is 4.13. The number of phenolic OH excluding ortho intramolecular Hbond substituents is 1. The molecule has 0 fully saturated rings. The van der Waals surface area contributed by atoms with Gasteiger partial charge in [0.05, 0.1) is 51.2 Å². The topological polar surface area (TPSA) is 99.4 Å². The number of rotatable bonds is 7. The van der Waals surface area contributed by atoms with Crippen LogP contribution in [0.25, 0.3) is 6.08 Å². The minimum absolute atomic E-state index is 0.0712. The van der Waals surface area contributed by atoms with E-state index in [-0.39, 0.29) is 34.6 Å². The molecule has 0 bridgehead atoms. The number of carbonyl (C=O) groups excluding carboxylic acids is 1. The van der Waals surface area contributed by atoms with Gasteiger partial charge in [-0.2, -0.15) is 0 Å². The maximum absolute atomic E-state index is 13.8. The molecule has 0 radical (unpaired) electrons. The van der Waals surface area contributed by atoms with E-state index in [1.165, 1.54) is 23.0 Å². The molecule has 1 aliphatic heterocycles. The first kappa shape index (κ1) is 27.9. The lowest BCUT2D eigenvalue weighted by Crippen LogP contribution is -2.40. The summed E-state index contributed by atoms with van der Waals surface area (Å²) in [4.78, 5) is 31.9. The summed E-state index contributed by atoms with van der Waals surface area (Å²) in [6.07, 6.45) is 1.60. The van der Waals surface area contributed by atoms with Gasteiger partial charge in [-0.3, -0.25) is 9.36 Å². The van der Waals surface area contributed by atoms with Crippen LogP contribution in [0.15, 0.2) is 55.9 Å². The van der Waals surface area contributed by atoms with E-state index < -0.39 is 12.0 Å². The van der Waals surface area contributed by atoms with Crippen molar-refractivity contribution in [2.75, 3.05) is 13.7 Å². The number of benzene rings is 2. The van der Waals surface area contributed by atoms with Gasteiger partial charge in [-0.25, -0.2) is 9.79 Å². The second kappa shape index (κ2) is 11.3. The molecule has 3 aromatic rings. The fourth-order valence-corrected chi connectivity index (χ4v) is 6.00. The van der Waals surface area contributed by atoms with Gasteiger partial charge in [0.25, 0.3) is 5.56 Å². The Hall–Kier alpha value is -3.08. The Morgan fingerprint density at radius 1 is 1.29 bits per heavy atom. The number of thiazole rings is 1. The summed E-state index contributed by atoms with van der Waals surface area (Å²) >= 11 is 10.6. The number of phenols is 1. The maximum atomic E-state index is 13.8. The van der Waals surface area contributed by atoms with Crippen LogP contribution in [0.2, 0.25) is 5.02 Å². The zero-order valence-corrected chi connectivity index (χ0v) is 24.5. The summed E-state index contributed by atoms with van der Waals surface area (Å²) in [7, 11) is 1.53. The summed E-state index contributed by atoms with van der Waals surface area (Å²) in [5.41, 5.74) is 1.63. The van der Waals surface area contributed by atoms with Crippen LogP contribution in [-0.2, 0) is 9.53 Å². The molecule has 200 valence electrons. The van der Waals surface area contributed by atoms with Crippen LogP contribution < -0.4 is 24.4 Å². The molecule has 0 saturated heterocycles. The lowest BCUT2D eigenvalue weighted by molar-refractivity contribution is -0.139. The van der Waals surface area contributed by atoms with Crippen LogP contribution in [0.1, 0.15) is 44.9 Å². The quantitative estimate of drug-likeness (QED) is 0.384. The molecule has 0 saturated carbocycles. The van der Waals surface area contributed by atoms with Crippen molar-refractivity contribution in [1.29, 1.82) is 0 Å². The third kappa shape index (κ3) is 5.39. The lowest BCUT2D eigenvalue weighted by atomic mass is 9.95. The first-order valence-electron chi connectivity index (χ1n) is 11.8. The molecule has 8 nitrogen and oxygen atoms in total. The average Bonchev–Trinajstić information content (AvgIpc) is 3.15. The largest absolute Gasteiger partial charge is 0.505 e. The number of fused-ring (bicyclic) bond motifs is 1. The van der Waals surface area contributed by atoms with Gasteiger partial charge < -0.3 is 19.3 Å². The predicted molar refractivity (Wildman–Crippen MR) is 150 cm³/mol. The summed E-state index contributed by atoms with van der Waals surface area (Å²) in [6, 6.07) is 7.74. The highest BCUT2D eigenvalue weighted by Gasteiger charge is 2.34. The third-order valence-electron chi connectivity index (χ3n) is 5.72. The number of nitrogens with zero attached hydrogens (tertiary/aromatic N) is 2. The van der Waals surface area contributed by atoms with E-state index in [0.717, 1.165) is 0 Å². The Morgan fingerprint density at radius 2 is 2.03 bits per heavy atom. The molecule has 1 N–H and O–H groups in total. The van der Waals surface area contributed by atoms with Gasteiger partial charge in [-0.1, -0.05) is 29.0 Å².